The monoisotopic (exact) mass is 197 g/mol. The van der Waals surface area contributed by atoms with Crippen LogP contribution in [0.5, 0.6) is 0 Å². The number of hydrogen-bond acceptors (Lipinski definition) is 3. The van der Waals surface area contributed by atoms with Gasteiger partial charge in [0.2, 0.25) is 0 Å². The standard InChI is InChI=1S/C10H19N3O/c14-10-2-1-5-11-6-3-8-13-9-4-7-12-13/h4,7,9,11,14H,1-3,5-6,8,10H2. The van der Waals surface area contributed by atoms with Gasteiger partial charge in [0.1, 0.15) is 0 Å². The van der Waals surface area contributed by atoms with Crippen LogP contribution in [-0.4, -0.2) is 34.6 Å². The summed E-state index contributed by atoms with van der Waals surface area (Å²) in [5, 5.41) is 16.0. The summed E-state index contributed by atoms with van der Waals surface area (Å²) >= 11 is 0. The Morgan fingerprint density at radius 1 is 1.21 bits per heavy atom. The second-order valence-corrected chi connectivity index (χ2v) is 3.30. The number of hydrogen-bond donors (Lipinski definition) is 2. The molecule has 1 aromatic rings. The summed E-state index contributed by atoms with van der Waals surface area (Å²) in [6.45, 7) is 3.29. The maximum Gasteiger partial charge on any atom is 0.0489 e. The van der Waals surface area contributed by atoms with Crippen LogP contribution in [0.1, 0.15) is 19.3 Å². The minimum absolute atomic E-state index is 0.301. The molecule has 0 atom stereocenters. The summed E-state index contributed by atoms with van der Waals surface area (Å²) in [7, 11) is 0. The van der Waals surface area contributed by atoms with E-state index in [9.17, 15) is 0 Å². The predicted octanol–water partition coefficient (Wildman–Crippen LogP) is 0.635. The smallest absolute Gasteiger partial charge is 0.0489 e. The van der Waals surface area contributed by atoms with E-state index >= 15 is 0 Å². The van der Waals surface area contributed by atoms with Crippen molar-refractivity contribution in [3.63, 3.8) is 0 Å². The van der Waals surface area contributed by atoms with Gasteiger partial charge in [0.25, 0.3) is 0 Å². The highest BCUT2D eigenvalue weighted by Gasteiger charge is 1.91. The Labute approximate surface area is 84.9 Å². The summed E-state index contributed by atoms with van der Waals surface area (Å²) in [5.74, 6) is 0. The van der Waals surface area contributed by atoms with Gasteiger partial charge in [0, 0.05) is 25.5 Å². The molecule has 14 heavy (non-hydrogen) atoms. The lowest BCUT2D eigenvalue weighted by Crippen LogP contribution is -2.18. The molecule has 2 N–H and O–H groups in total. The molecule has 80 valence electrons. The summed E-state index contributed by atoms with van der Waals surface area (Å²) in [6, 6.07) is 1.94. The van der Waals surface area contributed by atoms with Crippen molar-refractivity contribution in [3.8, 4) is 0 Å². The molecule has 0 aromatic carbocycles. The lowest BCUT2D eigenvalue weighted by molar-refractivity contribution is 0.283. The SMILES string of the molecule is OCCCCNCCCn1cccn1. The van der Waals surface area contributed by atoms with Crippen LogP contribution >= 0.6 is 0 Å². The van der Waals surface area contributed by atoms with Crippen LogP contribution in [0.3, 0.4) is 0 Å². The zero-order chi connectivity index (χ0) is 10.1. The molecule has 4 nitrogen and oxygen atoms in total. The van der Waals surface area contributed by atoms with Crippen LogP contribution in [0.4, 0.5) is 0 Å². The fourth-order valence-corrected chi connectivity index (χ4v) is 1.29. The van der Waals surface area contributed by atoms with Crippen LogP contribution < -0.4 is 5.32 Å². The van der Waals surface area contributed by atoms with E-state index in [0.717, 1.165) is 38.9 Å². The first-order valence-corrected chi connectivity index (χ1v) is 5.22. The third-order valence-corrected chi connectivity index (χ3v) is 2.06. The quantitative estimate of drug-likeness (QED) is 0.601. The number of nitrogens with one attached hydrogen (secondary N) is 1. The number of aryl methyl sites for hydroxylation is 1. The Bertz CT molecular complexity index is 211. The molecule has 0 aliphatic heterocycles. The largest absolute Gasteiger partial charge is 0.396 e. The molecule has 0 fully saturated rings. The van der Waals surface area contributed by atoms with Gasteiger partial charge in [-0.05, 0) is 38.4 Å². The van der Waals surface area contributed by atoms with Gasteiger partial charge in [-0.3, -0.25) is 4.68 Å². The minimum atomic E-state index is 0.301. The van der Waals surface area contributed by atoms with Crippen molar-refractivity contribution in [1.29, 1.82) is 0 Å². The molecular weight excluding hydrogens is 178 g/mol. The second kappa shape index (κ2) is 7.53. The average Bonchev–Trinajstić information content (AvgIpc) is 2.69. The van der Waals surface area contributed by atoms with Crippen LogP contribution in [0.15, 0.2) is 18.5 Å². The number of unbranched alkanes of at least 4 members (excludes halogenated alkanes) is 1. The lowest BCUT2D eigenvalue weighted by Gasteiger charge is -2.04. The van der Waals surface area contributed by atoms with Gasteiger partial charge in [0.05, 0.1) is 0 Å². The molecule has 0 radical (unpaired) electrons. The van der Waals surface area contributed by atoms with Crippen molar-refractivity contribution < 1.29 is 5.11 Å². The number of aliphatic hydroxyl groups excluding tert-OH is 1. The van der Waals surface area contributed by atoms with Crippen molar-refractivity contribution in [1.82, 2.24) is 15.1 Å². The van der Waals surface area contributed by atoms with Crippen LogP contribution in [-0.2, 0) is 6.54 Å². The zero-order valence-corrected chi connectivity index (χ0v) is 8.52. The Morgan fingerprint density at radius 3 is 2.79 bits per heavy atom. The Morgan fingerprint density at radius 2 is 2.07 bits per heavy atom. The minimum Gasteiger partial charge on any atom is -0.396 e. The van der Waals surface area contributed by atoms with E-state index < -0.39 is 0 Å². The van der Waals surface area contributed by atoms with E-state index in [1.165, 1.54) is 0 Å². The number of nitrogens with zero attached hydrogens (tertiary/aromatic N) is 2. The topological polar surface area (TPSA) is 50.1 Å². The fourth-order valence-electron chi connectivity index (χ4n) is 1.29. The fraction of sp³-hybridized carbons (Fsp3) is 0.700. The van der Waals surface area contributed by atoms with Gasteiger partial charge < -0.3 is 10.4 Å². The lowest BCUT2D eigenvalue weighted by atomic mass is 10.3. The molecule has 0 bridgehead atoms. The van der Waals surface area contributed by atoms with Gasteiger partial charge in [0.15, 0.2) is 0 Å². The zero-order valence-electron chi connectivity index (χ0n) is 8.52. The molecule has 1 rings (SSSR count). The van der Waals surface area contributed by atoms with E-state index in [2.05, 4.69) is 10.4 Å². The van der Waals surface area contributed by atoms with Crippen LogP contribution in [0.2, 0.25) is 0 Å². The molecule has 0 amide bonds. The highest BCUT2D eigenvalue weighted by molar-refractivity contribution is 4.77. The molecule has 0 saturated carbocycles. The second-order valence-electron chi connectivity index (χ2n) is 3.30. The van der Waals surface area contributed by atoms with Crippen molar-refractivity contribution in [2.75, 3.05) is 19.7 Å². The predicted molar refractivity (Wildman–Crippen MR) is 56.0 cm³/mol. The molecule has 4 heteroatoms. The highest BCUT2D eigenvalue weighted by atomic mass is 16.2. The van der Waals surface area contributed by atoms with E-state index in [4.69, 9.17) is 5.11 Å². The number of aromatic nitrogens is 2. The van der Waals surface area contributed by atoms with Crippen LogP contribution in [0.25, 0.3) is 0 Å². The molecular formula is C10H19N3O. The van der Waals surface area contributed by atoms with Crippen LogP contribution in [0, 0.1) is 0 Å². The summed E-state index contributed by atoms with van der Waals surface area (Å²) in [6.07, 6.45) is 6.83. The van der Waals surface area contributed by atoms with E-state index in [0.29, 0.717) is 6.61 Å². The number of rotatable bonds is 8. The van der Waals surface area contributed by atoms with E-state index in [1.54, 1.807) is 6.20 Å². The molecule has 0 aliphatic rings. The Kier molecular flexibility index (Phi) is 6.02. The van der Waals surface area contributed by atoms with Crippen molar-refractivity contribution in [3.05, 3.63) is 18.5 Å². The Hall–Kier alpha value is -0.870. The average molecular weight is 197 g/mol. The molecule has 0 spiro atoms. The highest BCUT2D eigenvalue weighted by Crippen LogP contribution is 1.88. The number of aliphatic hydroxyl groups is 1. The van der Waals surface area contributed by atoms with Gasteiger partial charge in [-0.1, -0.05) is 0 Å². The van der Waals surface area contributed by atoms with Crippen molar-refractivity contribution in [2.45, 2.75) is 25.8 Å². The first kappa shape index (κ1) is 11.2. The van der Waals surface area contributed by atoms with Gasteiger partial charge in [-0.15, -0.1) is 0 Å². The van der Waals surface area contributed by atoms with Gasteiger partial charge in [-0.2, -0.15) is 5.10 Å². The summed E-state index contributed by atoms with van der Waals surface area (Å²) < 4.78 is 1.94. The molecule has 0 saturated heterocycles. The molecule has 0 unspecified atom stereocenters. The third kappa shape index (κ3) is 4.99. The maximum absolute atomic E-state index is 8.55. The van der Waals surface area contributed by atoms with Crippen molar-refractivity contribution >= 4 is 0 Å². The third-order valence-electron chi connectivity index (χ3n) is 2.06. The molecule has 1 aromatic heterocycles. The van der Waals surface area contributed by atoms with Crippen molar-refractivity contribution in [2.24, 2.45) is 0 Å². The summed E-state index contributed by atoms with van der Waals surface area (Å²) in [5.41, 5.74) is 0. The normalized spacial score (nSPS) is 10.6. The van der Waals surface area contributed by atoms with E-state index in [1.807, 2.05) is 16.9 Å². The first-order valence-electron chi connectivity index (χ1n) is 5.22. The van der Waals surface area contributed by atoms with E-state index in [-0.39, 0.29) is 0 Å². The maximum atomic E-state index is 8.55. The first-order chi connectivity index (χ1) is 6.93. The molecule has 1 heterocycles. The Balaban J connectivity index is 1.85. The van der Waals surface area contributed by atoms with Gasteiger partial charge >= 0.3 is 0 Å². The van der Waals surface area contributed by atoms with Gasteiger partial charge in [-0.25, -0.2) is 0 Å². The summed E-state index contributed by atoms with van der Waals surface area (Å²) in [4.78, 5) is 0. The molecule has 0 aliphatic carbocycles.